The topological polar surface area (TPSA) is 38.7 Å². The lowest BCUT2D eigenvalue weighted by Crippen LogP contribution is -2.39. The van der Waals surface area contributed by atoms with Crippen LogP contribution in [-0.4, -0.2) is 23.6 Å². The molecule has 1 unspecified atom stereocenters. The largest absolute Gasteiger partial charge is 0.469 e. The molecule has 1 aliphatic heterocycles. The maximum Gasteiger partial charge on any atom is 0.219 e. The minimum absolute atomic E-state index is 0.0124. The molecule has 1 rings (SSSR count). The molecular weight excluding hydrogens is 216 g/mol. The number of hydrogen-bond donors (Lipinski definition) is 1. The second-order valence-corrected chi connectivity index (χ2v) is 5.04. The van der Waals surface area contributed by atoms with Crippen molar-refractivity contribution in [2.45, 2.75) is 51.9 Å². The molecule has 0 saturated carbocycles. The first kappa shape index (κ1) is 14.3. The molecule has 1 heterocycles. The van der Waals surface area contributed by atoms with Crippen molar-refractivity contribution in [2.75, 3.05) is 6.61 Å². The van der Waals surface area contributed by atoms with Crippen LogP contribution < -0.4 is 0 Å². The van der Waals surface area contributed by atoms with Gasteiger partial charge in [0.1, 0.15) is 0 Å². The van der Waals surface area contributed by atoms with Crippen LogP contribution in [0.5, 0.6) is 0 Å². The van der Waals surface area contributed by atoms with Gasteiger partial charge in [-0.25, -0.2) is 0 Å². The highest BCUT2D eigenvalue weighted by Gasteiger charge is 2.30. The van der Waals surface area contributed by atoms with E-state index in [4.69, 9.17) is 9.47 Å². The summed E-state index contributed by atoms with van der Waals surface area (Å²) < 4.78 is 11.2. The first-order valence-electron chi connectivity index (χ1n) is 6.37. The SMILES string of the molecule is CCC[C@@H](C)CC(C)(CO)O[C@@H]1C=CC=CO1. The van der Waals surface area contributed by atoms with Gasteiger partial charge in [-0.1, -0.05) is 32.8 Å². The molecule has 0 amide bonds. The Morgan fingerprint density at radius 3 is 2.76 bits per heavy atom. The zero-order valence-electron chi connectivity index (χ0n) is 11.1. The van der Waals surface area contributed by atoms with Crippen molar-refractivity contribution in [3.63, 3.8) is 0 Å². The summed E-state index contributed by atoms with van der Waals surface area (Å²) >= 11 is 0. The number of aliphatic hydroxyl groups excluding tert-OH is 1. The van der Waals surface area contributed by atoms with Gasteiger partial charge in [0.25, 0.3) is 0 Å². The van der Waals surface area contributed by atoms with E-state index in [1.54, 1.807) is 6.26 Å². The molecule has 0 aromatic carbocycles. The van der Waals surface area contributed by atoms with Crippen molar-refractivity contribution in [2.24, 2.45) is 5.92 Å². The molecule has 3 nitrogen and oxygen atoms in total. The summed E-state index contributed by atoms with van der Waals surface area (Å²) in [6.45, 7) is 6.32. The lowest BCUT2D eigenvalue weighted by molar-refractivity contribution is -0.180. The number of hydrogen-bond acceptors (Lipinski definition) is 3. The van der Waals surface area contributed by atoms with Gasteiger partial charge in [-0.15, -0.1) is 0 Å². The Balaban J connectivity index is 2.49. The highest BCUT2D eigenvalue weighted by Crippen LogP contribution is 2.26. The van der Waals surface area contributed by atoms with Gasteiger partial charge in [0.2, 0.25) is 6.29 Å². The third-order valence-electron chi connectivity index (χ3n) is 2.97. The summed E-state index contributed by atoms with van der Waals surface area (Å²) in [5.74, 6) is 0.542. The predicted molar refractivity (Wildman–Crippen MR) is 68.4 cm³/mol. The third-order valence-corrected chi connectivity index (χ3v) is 2.97. The molecule has 1 aliphatic rings. The fraction of sp³-hybridized carbons (Fsp3) is 0.714. The Bertz CT molecular complexity index is 273. The van der Waals surface area contributed by atoms with Crippen molar-refractivity contribution < 1.29 is 14.6 Å². The molecule has 0 fully saturated rings. The molecule has 1 N–H and O–H groups in total. The summed E-state index contributed by atoms with van der Waals surface area (Å²) in [5.41, 5.74) is -0.533. The van der Waals surface area contributed by atoms with E-state index < -0.39 is 5.60 Å². The van der Waals surface area contributed by atoms with Crippen molar-refractivity contribution >= 4 is 0 Å². The highest BCUT2D eigenvalue weighted by atomic mass is 16.7. The zero-order valence-corrected chi connectivity index (χ0v) is 11.1. The monoisotopic (exact) mass is 240 g/mol. The summed E-state index contributed by atoms with van der Waals surface area (Å²) in [4.78, 5) is 0. The van der Waals surface area contributed by atoms with Crippen LogP contribution >= 0.6 is 0 Å². The second-order valence-electron chi connectivity index (χ2n) is 5.04. The van der Waals surface area contributed by atoms with E-state index in [1.165, 1.54) is 0 Å². The van der Waals surface area contributed by atoms with Crippen LogP contribution in [0.4, 0.5) is 0 Å². The first-order valence-corrected chi connectivity index (χ1v) is 6.37. The summed E-state index contributed by atoms with van der Waals surface area (Å²) in [5, 5.41) is 9.51. The Kier molecular flexibility index (Phi) is 5.72. The molecule has 3 atom stereocenters. The van der Waals surface area contributed by atoms with Crippen molar-refractivity contribution in [1.29, 1.82) is 0 Å². The summed E-state index contributed by atoms with van der Waals surface area (Å²) in [6, 6.07) is 0. The number of aliphatic hydroxyl groups is 1. The van der Waals surface area contributed by atoms with Crippen LogP contribution in [0.25, 0.3) is 0 Å². The fourth-order valence-corrected chi connectivity index (χ4v) is 2.20. The van der Waals surface area contributed by atoms with Crippen LogP contribution in [0.15, 0.2) is 24.5 Å². The fourth-order valence-electron chi connectivity index (χ4n) is 2.20. The average molecular weight is 240 g/mol. The molecule has 17 heavy (non-hydrogen) atoms. The van der Waals surface area contributed by atoms with Gasteiger partial charge in [0.15, 0.2) is 0 Å². The van der Waals surface area contributed by atoms with E-state index >= 15 is 0 Å². The smallest absolute Gasteiger partial charge is 0.219 e. The standard InChI is InChI=1S/C14H24O3/c1-4-7-12(2)10-14(3,11-15)17-13-8-5-6-9-16-13/h5-6,8-9,12-13,15H,4,7,10-11H2,1-3H3/t12-,13-,14?/m1/s1. The first-order chi connectivity index (χ1) is 8.09. The lowest BCUT2D eigenvalue weighted by Gasteiger charge is -2.33. The van der Waals surface area contributed by atoms with Gasteiger partial charge in [-0.05, 0) is 31.4 Å². The zero-order chi connectivity index (χ0) is 12.7. The Morgan fingerprint density at radius 2 is 2.24 bits per heavy atom. The van der Waals surface area contributed by atoms with Crippen LogP contribution in [0.2, 0.25) is 0 Å². The van der Waals surface area contributed by atoms with Gasteiger partial charge < -0.3 is 14.6 Å². The summed E-state index contributed by atoms with van der Waals surface area (Å²) in [6.07, 6.45) is 9.93. The average Bonchev–Trinajstić information content (AvgIpc) is 2.30. The molecule has 3 heteroatoms. The lowest BCUT2D eigenvalue weighted by atomic mass is 9.90. The minimum atomic E-state index is -0.533. The quantitative estimate of drug-likeness (QED) is 0.743. The van der Waals surface area contributed by atoms with Crippen molar-refractivity contribution in [1.82, 2.24) is 0 Å². The van der Waals surface area contributed by atoms with Gasteiger partial charge >= 0.3 is 0 Å². The normalized spacial score (nSPS) is 24.1. The van der Waals surface area contributed by atoms with Crippen LogP contribution in [0, 0.1) is 5.92 Å². The Morgan fingerprint density at radius 1 is 1.47 bits per heavy atom. The van der Waals surface area contributed by atoms with E-state index in [0.29, 0.717) is 5.92 Å². The van der Waals surface area contributed by atoms with Gasteiger partial charge in [0.05, 0.1) is 18.5 Å². The van der Waals surface area contributed by atoms with Gasteiger partial charge in [-0.2, -0.15) is 0 Å². The molecule has 0 spiro atoms. The maximum atomic E-state index is 9.51. The van der Waals surface area contributed by atoms with Gasteiger partial charge in [-0.3, -0.25) is 0 Å². The van der Waals surface area contributed by atoms with Crippen molar-refractivity contribution in [3.8, 4) is 0 Å². The highest BCUT2D eigenvalue weighted by molar-refractivity contribution is 5.05. The molecule has 0 bridgehead atoms. The van der Waals surface area contributed by atoms with Crippen LogP contribution in [-0.2, 0) is 9.47 Å². The Labute approximate surface area is 104 Å². The van der Waals surface area contributed by atoms with E-state index in [0.717, 1.165) is 19.3 Å². The number of rotatable bonds is 7. The molecule has 0 radical (unpaired) electrons. The molecule has 0 aromatic heterocycles. The van der Waals surface area contributed by atoms with Gasteiger partial charge in [0, 0.05) is 0 Å². The van der Waals surface area contributed by atoms with Crippen LogP contribution in [0.1, 0.15) is 40.0 Å². The molecule has 0 aromatic rings. The number of ether oxygens (including phenoxy) is 2. The van der Waals surface area contributed by atoms with E-state index in [9.17, 15) is 5.11 Å². The van der Waals surface area contributed by atoms with Crippen molar-refractivity contribution in [3.05, 3.63) is 24.5 Å². The molecule has 0 saturated heterocycles. The Hall–Kier alpha value is -0.800. The summed E-state index contributed by atoms with van der Waals surface area (Å²) in [7, 11) is 0. The third kappa shape index (κ3) is 4.92. The number of allylic oxidation sites excluding steroid dienone is 2. The van der Waals surface area contributed by atoms with E-state index in [-0.39, 0.29) is 12.9 Å². The second kappa shape index (κ2) is 6.82. The molecule has 0 aliphatic carbocycles. The van der Waals surface area contributed by atoms with Crippen LogP contribution in [0.3, 0.4) is 0 Å². The van der Waals surface area contributed by atoms with E-state index in [2.05, 4.69) is 13.8 Å². The predicted octanol–water partition coefficient (Wildman–Crippen LogP) is 3.01. The maximum absolute atomic E-state index is 9.51. The molecule has 98 valence electrons. The molecular formula is C14H24O3. The van der Waals surface area contributed by atoms with E-state index in [1.807, 2.05) is 25.2 Å². The minimum Gasteiger partial charge on any atom is -0.469 e.